The minimum atomic E-state index is -0.933. The SMILES string of the molecule is CC1(NCC(N)C(=O)O)CCCCC1. The third-order valence-corrected chi connectivity index (χ3v) is 3.02. The number of aliphatic carboxylic acids is 1. The molecule has 0 aliphatic heterocycles. The first-order valence-corrected chi connectivity index (χ1v) is 5.27. The lowest BCUT2D eigenvalue weighted by Gasteiger charge is -2.35. The molecule has 0 bridgehead atoms. The molecular weight excluding hydrogens is 180 g/mol. The quantitative estimate of drug-likeness (QED) is 0.624. The molecule has 0 aromatic carbocycles. The molecule has 1 rings (SSSR count). The van der Waals surface area contributed by atoms with Gasteiger partial charge in [-0.3, -0.25) is 4.79 Å². The van der Waals surface area contributed by atoms with E-state index in [-0.39, 0.29) is 5.54 Å². The van der Waals surface area contributed by atoms with Crippen molar-refractivity contribution in [3.05, 3.63) is 0 Å². The van der Waals surface area contributed by atoms with Crippen LogP contribution < -0.4 is 11.1 Å². The zero-order valence-corrected chi connectivity index (χ0v) is 8.75. The number of nitrogens with two attached hydrogens (primary N) is 1. The summed E-state index contributed by atoms with van der Waals surface area (Å²) in [6.45, 7) is 2.52. The highest BCUT2D eigenvalue weighted by molar-refractivity contribution is 5.73. The summed E-state index contributed by atoms with van der Waals surface area (Å²) in [5, 5.41) is 11.9. The average molecular weight is 200 g/mol. The maximum absolute atomic E-state index is 10.5. The predicted molar refractivity (Wildman–Crippen MR) is 55.1 cm³/mol. The van der Waals surface area contributed by atoms with Gasteiger partial charge in [0.15, 0.2) is 0 Å². The van der Waals surface area contributed by atoms with Gasteiger partial charge in [0, 0.05) is 12.1 Å². The zero-order chi connectivity index (χ0) is 10.6. The number of nitrogens with one attached hydrogen (secondary N) is 1. The smallest absolute Gasteiger partial charge is 0.321 e. The summed E-state index contributed by atoms with van der Waals surface area (Å²) in [7, 11) is 0. The minimum Gasteiger partial charge on any atom is -0.480 e. The van der Waals surface area contributed by atoms with E-state index in [4.69, 9.17) is 10.8 Å². The van der Waals surface area contributed by atoms with Crippen LogP contribution in [0.15, 0.2) is 0 Å². The van der Waals surface area contributed by atoms with Gasteiger partial charge < -0.3 is 16.2 Å². The van der Waals surface area contributed by atoms with Crippen molar-refractivity contribution >= 4 is 5.97 Å². The van der Waals surface area contributed by atoms with E-state index in [1.807, 2.05) is 0 Å². The molecule has 0 spiro atoms. The van der Waals surface area contributed by atoms with Crippen molar-refractivity contribution in [1.29, 1.82) is 0 Å². The third kappa shape index (κ3) is 3.27. The summed E-state index contributed by atoms with van der Waals surface area (Å²) in [4.78, 5) is 10.5. The number of carbonyl (C=O) groups is 1. The first-order chi connectivity index (χ1) is 6.53. The van der Waals surface area contributed by atoms with Crippen LogP contribution in [0.25, 0.3) is 0 Å². The molecule has 82 valence electrons. The summed E-state index contributed by atoms with van der Waals surface area (Å²) in [5.41, 5.74) is 5.53. The molecule has 1 aliphatic rings. The highest BCUT2D eigenvalue weighted by Gasteiger charge is 2.27. The average Bonchev–Trinajstić information content (AvgIpc) is 2.15. The highest BCUT2D eigenvalue weighted by atomic mass is 16.4. The van der Waals surface area contributed by atoms with Crippen molar-refractivity contribution in [2.75, 3.05) is 6.54 Å². The van der Waals surface area contributed by atoms with E-state index >= 15 is 0 Å². The maximum Gasteiger partial charge on any atom is 0.321 e. The monoisotopic (exact) mass is 200 g/mol. The number of hydrogen-bond donors (Lipinski definition) is 3. The van der Waals surface area contributed by atoms with Crippen LogP contribution in [-0.2, 0) is 4.79 Å². The Morgan fingerprint density at radius 3 is 2.57 bits per heavy atom. The van der Waals surface area contributed by atoms with E-state index in [0.29, 0.717) is 6.54 Å². The van der Waals surface area contributed by atoms with Gasteiger partial charge >= 0.3 is 5.97 Å². The van der Waals surface area contributed by atoms with E-state index in [9.17, 15) is 4.79 Å². The molecule has 14 heavy (non-hydrogen) atoms. The van der Waals surface area contributed by atoms with Gasteiger partial charge in [0.25, 0.3) is 0 Å². The van der Waals surface area contributed by atoms with E-state index in [1.165, 1.54) is 19.3 Å². The van der Waals surface area contributed by atoms with Crippen LogP contribution in [0.2, 0.25) is 0 Å². The van der Waals surface area contributed by atoms with Crippen molar-refractivity contribution in [3.8, 4) is 0 Å². The number of hydrogen-bond acceptors (Lipinski definition) is 3. The van der Waals surface area contributed by atoms with Crippen molar-refractivity contribution in [2.24, 2.45) is 5.73 Å². The Kier molecular flexibility index (Phi) is 3.89. The van der Waals surface area contributed by atoms with Gasteiger partial charge in [-0.25, -0.2) is 0 Å². The normalized spacial score (nSPS) is 23.0. The van der Waals surface area contributed by atoms with E-state index in [1.54, 1.807) is 0 Å². The van der Waals surface area contributed by atoms with Crippen LogP contribution in [-0.4, -0.2) is 29.2 Å². The summed E-state index contributed by atoms with van der Waals surface area (Å²) in [6, 6.07) is -0.784. The van der Waals surface area contributed by atoms with E-state index < -0.39 is 12.0 Å². The standard InChI is InChI=1S/C10H20N2O2/c1-10(5-3-2-4-6-10)12-7-8(11)9(13)14/h8,12H,2-7,11H2,1H3,(H,13,14). The van der Waals surface area contributed by atoms with Crippen molar-refractivity contribution in [1.82, 2.24) is 5.32 Å². The molecule has 1 atom stereocenters. The van der Waals surface area contributed by atoms with Crippen molar-refractivity contribution in [3.63, 3.8) is 0 Å². The van der Waals surface area contributed by atoms with Crippen molar-refractivity contribution in [2.45, 2.75) is 50.6 Å². The molecule has 1 saturated carbocycles. The summed E-state index contributed by atoms with van der Waals surface area (Å²) in [5.74, 6) is -0.933. The molecule has 0 heterocycles. The van der Waals surface area contributed by atoms with Crippen LogP contribution >= 0.6 is 0 Å². The maximum atomic E-state index is 10.5. The Hall–Kier alpha value is -0.610. The second-order valence-corrected chi connectivity index (χ2v) is 4.45. The van der Waals surface area contributed by atoms with Gasteiger partial charge in [-0.15, -0.1) is 0 Å². The molecular formula is C10H20N2O2. The van der Waals surface area contributed by atoms with Crippen LogP contribution in [0.3, 0.4) is 0 Å². The van der Waals surface area contributed by atoms with Gasteiger partial charge in [0.1, 0.15) is 6.04 Å². The Bertz CT molecular complexity index is 200. The second-order valence-electron chi connectivity index (χ2n) is 4.45. The molecule has 0 amide bonds. The van der Waals surface area contributed by atoms with E-state index in [0.717, 1.165) is 12.8 Å². The molecule has 4 heteroatoms. The lowest BCUT2D eigenvalue weighted by Crippen LogP contribution is -2.50. The molecule has 0 aromatic heterocycles. The summed E-state index contributed by atoms with van der Waals surface area (Å²) < 4.78 is 0. The molecule has 1 aliphatic carbocycles. The molecule has 4 N–H and O–H groups in total. The third-order valence-electron chi connectivity index (χ3n) is 3.02. The lowest BCUT2D eigenvalue weighted by atomic mass is 9.83. The lowest BCUT2D eigenvalue weighted by molar-refractivity contribution is -0.138. The topological polar surface area (TPSA) is 75.3 Å². The molecule has 0 radical (unpaired) electrons. The van der Waals surface area contributed by atoms with Crippen LogP contribution in [0.1, 0.15) is 39.0 Å². The van der Waals surface area contributed by atoms with Gasteiger partial charge in [-0.2, -0.15) is 0 Å². The minimum absolute atomic E-state index is 0.103. The Balaban J connectivity index is 2.31. The molecule has 4 nitrogen and oxygen atoms in total. The Morgan fingerprint density at radius 2 is 2.07 bits per heavy atom. The Morgan fingerprint density at radius 1 is 1.50 bits per heavy atom. The van der Waals surface area contributed by atoms with Crippen LogP contribution in [0.5, 0.6) is 0 Å². The fourth-order valence-corrected chi connectivity index (χ4v) is 1.95. The van der Waals surface area contributed by atoms with Gasteiger partial charge in [0.05, 0.1) is 0 Å². The summed E-state index contributed by atoms with van der Waals surface area (Å²) in [6.07, 6.45) is 6.00. The van der Waals surface area contributed by atoms with Gasteiger partial charge in [0.2, 0.25) is 0 Å². The molecule has 1 fully saturated rings. The van der Waals surface area contributed by atoms with Gasteiger partial charge in [-0.05, 0) is 19.8 Å². The van der Waals surface area contributed by atoms with Crippen LogP contribution in [0, 0.1) is 0 Å². The number of carboxylic acids is 1. The highest BCUT2D eigenvalue weighted by Crippen LogP contribution is 2.27. The fourth-order valence-electron chi connectivity index (χ4n) is 1.95. The first kappa shape index (κ1) is 11.5. The van der Waals surface area contributed by atoms with Crippen LogP contribution in [0.4, 0.5) is 0 Å². The molecule has 0 saturated heterocycles. The molecule has 0 aromatic rings. The largest absolute Gasteiger partial charge is 0.480 e. The molecule has 1 unspecified atom stereocenters. The van der Waals surface area contributed by atoms with E-state index in [2.05, 4.69) is 12.2 Å². The predicted octanol–water partition coefficient (Wildman–Crippen LogP) is 0.711. The zero-order valence-electron chi connectivity index (χ0n) is 8.75. The summed E-state index contributed by atoms with van der Waals surface area (Å²) >= 11 is 0. The number of carboxylic acid groups (broad SMARTS) is 1. The second kappa shape index (κ2) is 4.75. The first-order valence-electron chi connectivity index (χ1n) is 5.27. The fraction of sp³-hybridized carbons (Fsp3) is 0.900. The van der Waals surface area contributed by atoms with Gasteiger partial charge in [-0.1, -0.05) is 19.3 Å². The number of rotatable bonds is 4. The van der Waals surface area contributed by atoms with Crippen molar-refractivity contribution < 1.29 is 9.90 Å². The Labute approximate surface area is 84.9 Å².